The normalized spacial score (nSPS) is 12.8. The molecule has 0 saturated carbocycles. The third-order valence-corrected chi connectivity index (χ3v) is 2.95. The van der Waals surface area contributed by atoms with Crippen LogP contribution in [0.4, 0.5) is 4.39 Å². The molecule has 1 aromatic carbocycles. The molecule has 1 atom stereocenters. The van der Waals surface area contributed by atoms with Crippen molar-refractivity contribution in [2.75, 3.05) is 12.4 Å². The van der Waals surface area contributed by atoms with Crippen molar-refractivity contribution in [3.8, 4) is 0 Å². The molecule has 1 aromatic rings. The smallest absolute Gasteiger partial charge is 0.123 e. The first-order valence-electron chi connectivity index (χ1n) is 4.41. The van der Waals surface area contributed by atoms with Gasteiger partial charge < -0.3 is 10.8 Å². The summed E-state index contributed by atoms with van der Waals surface area (Å²) in [7, 11) is 0. The van der Waals surface area contributed by atoms with Crippen molar-refractivity contribution >= 4 is 11.8 Å². The second-order valence-corrected chi connectivity index (χ2v) is 4.11. The molecule has 0 spiro atoms. The molecule has 1 rings (SSSR count). The van der Waals surface area contributed by atoms with E-state index in [0.29, 0.717) is 5.75 Å². The summed E-state index contributed by atoms with van der Waals surface area (Å²) in [6.45, 7) is 0.0103. The van der Waals surface area contributed by atoms with Gasteiger partial charge in [-0.2, -0.15) is 11.8 Å². The molecule has 0 fully saturated rings. The fourth-order valence-corrected chi connectivity index (χ4v) is 1.92. The summed E-state index contributed by atoms with van der Waals surface area (Å²) in [5.41, 5.74) is 6.60. The Kier molecular flexibility index (Phi) is 4.93. The third-order valence-electron chi connectivity index (χ3n) is 1.75. The molecule has 14 heavy (non-hydrogen) atoms. The van der Waals surface area contributed by atoms with E-state index in [1.165, 1.54) is 12.1 Å². The van der Waals surface area contributed by atoms with Crippen molar-refractivity contribution in [2.45, 2.75) is 11.8 Å². The van der Waals surface area contributed by atoms with Crippen LogP contribution in [-0.4, -0.2) is 23.5 Å². The zero-order valence-electron chi connectivity index (χ0n) is 7.82. The van der Waals surface area contributed by atoms with Gasteiger partial charge in [0.05, 0.1) is 6.61 Å². The highest BCUT2D eigenvalue weighted by atomic mass is 32.2. The van der Waals surface area contributed by atoms with E-state index in [9.17, 15) is 4.39 Å². The molecule has 0 aliphatic carbocycles. The van der Waals surface area contributed by atoms with Crippen LogP contribution in [0.15, 0.2) is 24.3 Å². The highest BCUT2D eigenvalue weighted by molar-refractivity contribution is 7.98. The number of thioether (sulfide) groups is 1. The largest absolute Gasteiger partial charge is 0.395 e. The van der Waals surface area contributed by atoms with Gasteiger partial charge in [0.15, 0.2) is 0 Å². The molecule has 0 saturated heterocycles. The van der Waals surface area contributed by atoms with Crippen LogP contribution < -0.4 is 5.73 Å². The summed E-state index contributed by atoms with van der Waals surface area (Å²) in [6, 6.07) is 6.24. The second-order valence-electron chi connectivity index (χ2n) is 3.08. The molecular weight excluding hydrogens is 201 g/mol. The van der Waals surface area contributed by atoms with Gasteiger partial charge in [0.1, 0.15) is 5.82 Å². The first kappa shape index (κ1) is 11.5. The van der Waals surface area contributed by atoms with Gasteiger partial charge in [-0.3, -0.25) is 0 Å². The Labute approximate surface area is 87.3 Å². The third kappa shape index (κ3) is 4.09. The van der Waals surface area contributed by atoms with Crippen molar-refractivity contribution < 1.29 is 9.50 Å². The molecule has 0 aliphatic heterocycles. The predicted molar refractivity (Wildman–Crippen MR) is 57.6 cm³/mol. The van der Waals surface area contributed by atoms with Gasteiger partial charge in [0.25, 0.3) is 0 Å². The Bertz CT molecular complexity index is 265. The van der Waals surface area contributed by atoms with Crippen molar-refractivity contribution in [3.05, 3.63) is 35.6 Å². The van der Waals surface area contributed by atoms with E-state index in [1.807, 2.05) is 0 Å². The van der Waals surface area contributed by atoms with E-state index in [4.69, 9.17) is 10.8 Å². The van der Waals surface area contributed by atoms with E-state index in [-0.39, 0.29) is 18.5 Å². The maximum atomic E-state index is 12.5. The number of hydrogen-bond acceptors (Lipinski definition) is 3. The first-order chi connectivity index (χ1) is 6.72. The van der Waals surface area contributed by atoms with E-state index < -0.39 is 0 Å². The summed E-state index contributed by atoms with van der Waals surface area (Å²) in [6.07, 6.45) is 0. The van der Waals surface area contributed by atoms with Gasteiger partial charge in [-0.15, -0.1) is 0 Å². The molecule has 0 unspecified atom stereocenters. The number of halogens is 1. The summed E-state index contributed by atoms with van der Waals surface area (Å²) in [5, 5.41) is 8.68. The molecule has 0 aliphatic rings. The van der Waals surface area contributed by atoms with Crippen molar-refractivity contribution in [2.24, 2.45) is 5.73 Å². The van der Waals surface area contributed by atoms with E-state index >= 15 is 0 Å². The van der Waals surface area contributed by atoms with E-state index in [0.717, 1.165) is 11.3 Å². The summed E-state index contributed by atoms with van der Waals surface area (Å²) in [5.74, 6) is 1.30. The lowest BCUT2D eigenvalue weighted by molar-refractivity contribution is 0.275. The molecule has 0 bridgehead atoms. The minimum absolute atomic E-state index is 0.0103. The Morgan fingerprint density at radius 3 is 2.57 bits per heavy atom. The second kappa shape index (κ2) is 6.01. The maximum Gasteiger partial charge on any atom is 0.123 e. The van der Waals surface area contributed by atoms with Gasteiger partial charge in [-0.05, 0) is 17.7 Å². The Hall–Kier alpha value is -0.580. The number of nitrogens with two attached hydrogens (primary N) is 1. The zero-order valence-corrected chi connectivity index (χ0v) is 8.64. The number of hydrogen-bond donors (Lipinski definition) is 2. The van der Waals surface area contributed by atoms with Crippen LogP contribution in [0.2, 0.25) is 0 Å². The number of benzene rings is 1. The zero-order chi connectivity index (χ0) is 10.4. The number of rotatable bonds is 5. The van der Waals surface area contributed by atoms with E-state index in [2.05, 4.69) is 0 Å². The van der Waals surface area contributed by atoms with Gasteiger partial charge in [0, 0.05) is 17.5 Å². The quantitative estimate of drug-likeness (QED) is 0.780. The van der Waals surface area contributed by atoms with Crippen molar-refractivity contribution in [3.63, 3.8) is 0 Å². The van der Waals surface area contributed by atoms with Gasteiger partial charge in [-0.1, -0.05) is 12.1 Å². The van der Waals surface area contributed by atoms with Crippen molar-refractivity contribution in [1.29, 1.82) is 0 Å². The van der Waals surface area contributed by atoms with Gasteiger partial charge in [-0.25, -0.2) is 4.39 Å². The lowest BCUT2D eigenvalue weighted by Gasteiger charge is -2.07. The summed E-state index contributed by atoms with van der Waals surface area (Å²) in [4.78, 5) is 0. The molecule has 0 aromatic heterocycles. The molecule has 0 heterocycles. The highest BCUT2D eigenvalue weighted by Crippen LogP contribution is 2.13. The molecule has 0 amide bonds. The van der Waals surface area contributed by atoms with Crippen molar-refractivity contribution in [1.82, 2.24) is 0 Å². The number of aliphatic hydroxyl groups excluding tert-OH is 1. The van der Waals surface area contributed by atoms with Gasteiger partial charge in [0.2, 0.25) is 0 Å². The van der Waals surface area contributed by atoms with Crippen LogP contribution in [0.1, 0.15) is 5.56 Å². The minimum atomic E-state index is -0.217. The lowest BCUT2D eigenvalue weighted by Crippen LogP contribution is -2.26. The predicted octanol–water partition coefficient (Wildman–Crippen LogP) is 1.38. The SMILES string of the molecule is N[C@H](CO)CSCc1ccc(F)cc1. The first-order valence-corrected chi connectivity index (χ1v) is 5.56. The van der Waals surface area contributed by atoms with Crippen LogP contribution in [-0.2, 0) is 5.75 Å². The lowest BCUT2D eigenvalue weighted by atomic mass is 10.2. The van der Waals surface area contributed by atoms with Crippen LogP contribution >= 0.6 is 11.8 Å². The topological polar surface area (TPSA) is 46.2 Å². The van der Waals surface area contributed by atoms with Crippen LogP contribution in [0.25, 0.3) is 0 Å². The van der Waals surface area contributed by atoms with Crippen LogP contribution in [0.5, 0.6) is 0 Å². The molecule has 78 valence electrons. The Balaban J connectivity index is 2.28. The fraction of sp³-hybridized carbons (Fsp3) is 0.400. The fourth-order valence-electron chi connectivity index (χ4n) is 0.961. The molecule has 3 N–H and O–H groups in total. The summed E-state index contributed by atoms with van der Waals surface area (Å²) < 4.78 is 12.5. The number of aliphatic hydroxyl groups is 1. The monoisotopic (exact) mass is 215 g/mol. The van der Waals surface area contributed by atoms with Crippen LogP contribution in [0, 0.1) is 5.82 Å². The highest BCUT2D eigenvalue weighted by Gasteiger charge is 2.00. The van der Waals surface area contributed by atoms with E-state index in [1.54, 1.807) is 23.9 Å². The summed E-state index contributed by atoms with van der Waals surface area (Å²) >= 11 is 1.64. The Morgan fingerprint density at radius 1 is 1.36 bits per heavy atom. The van der Waals surface area contributed by atoms with Crippen LogP contribution in [0.3, 0.4) is 0 Å². The minimum Gasteiger partial charge on any atom is -0.395 e. The molecule has 0 radical (unpaired) electrons. The standard InChI is InChI=1S/C10H14FNOS/c11-9-3-1-8(2-4-9)6-14-7-10(12)5-13/h1-4,10,13H,5-7,12H2/t10-/m1/s1. The molecule has 2 nitrogen and oxygen atoms in total. The maximum absolute atomic E-state index is 12.5. The Morgan fingerprint density at radius 2 is 2.00 bits per heavy atom. The average Bonchev–Trinajstić information content (AvgIpc) is 2.21. The van der Waals surface area contributed by atoms with Gasteiger partial charge >= 0.3 is 0 Å². The molecular formula is C10H14FNOS. The average molecular weight is 215 g/mol. The molecule has 4 heteroatoms.